The van der Waals surface area contributed by atoms with Gasteiger partial charge in [-0.05, 0) is 6.42 Å². The zero-order valence-electron chi connectivity index (χ0n) is 4.37. The van der Waals surface area contributed by atoms with Crippen molar-refractivity contribution in [2.24, 2.45) is 5.73 Å². The summed E-state index contributed by atoms with van der Waals surface area (Å²) in [4.78, 5) is 10.1. The van der Waals surface area contributed by atoms with Crippen molar-refractivity contribution in [1.29, 1.82) is 0 Å². The Hall–Kier alpha value is -0.220. The molecule has 0 saturated carbocycles. The molecular weight excluding hydrogens is 126 g/mol. The molecule has 0 aromatic rings. The summed E-state index contributed by atoms with van der Waals surface area (Å²) in [6.07, 6.45) is 0.332. The number of rotatable bonds is 3. The molecule has 0 aliphatic rings. The average molecular weight is 135 g/mol. The van der Waals surface area contributed by atoms with Crippen molar-refractivity contribution in [1.82, 2.24) is 0 Å². The van der Waals surface area contributed by atoms with Crippen molar-refractivity contribution in [2.45, 2.75) is 11.7 Å². The van der Waals surface area contributed by atoms with Crippen LogP contribution in [-0.4, -0.2) is 22.9 Å². The molecule has 0 bridgehead atoms. The SMILES string of the molecule is NC(=O)C(S)CCO. The predicted octanol–water partition coefficient (Wildman–Crippen LogP) is -0.848. The van der Waals surface area contributed by atoms with Crippen molar-refractivity contribution in [3.63, 3.8) is 0 Å². The van der Waals surface area contributed by atoms with Gasteiger partial charge in [0.15, 0.2) is 0 Å². The molecule has 0 fully saturated rings. The van der Waals surface area contributed by atoms with Gasteiger partial charge in [0.2, 0.25) is 5.91 Å². The van der Waals surface area contributed by atoms with E-state index in [0.29, 0.717) is 6.42 Å². The van der Waals surface area contributed by atoms with Crippen LogP contribution in [0.5, 0.6) is 0 Å². The number of hydrogen-bond donors (Lipinski definition) is 3. The maximum Gasteiger partial charge on any atom is 0.230 e. The normalized spacial score (nSPS) is 13.2. The minimum atomic E-state index is -0.500. The minimum absolute atomic E-state index is 0.0445. The van der Waals surface area contributed by atoms with Gasteiger partial charge in [0.1, 0.15) is 0 Å². The van der Waals surface area contributed by atoms with Gasteiger partial charge in [-0.2, -0.15) is 12.6 Å². The molecule has 1 atom stereocenters. The molecule has 0 rings (SSSR count). The monoisotopic (exact) mass is 135 g/mol. The first kappa shape index (κ1) is 7.78. The minimum Gasteiger partial charge on any atom is -0.396 e. The van der Waals surface area contributed by atoms with E-state index in [9.17, 15) is 4.79 Å². The molecular formula is C4H9NO2S. The third-order valence-corrected chi connectivity index (χ3v) is 1.24. The number of aliphatic hydroxyl groups is 1. The van der Waals surface area contributed by atoms with Crippen LogP contribution >= 0.6 is 12.6 Å². The lowest BCUT2D eigenvalue weighted by molar-refractivity contribution is -0.117. The van der Waals surface area contributed by atoms with Gasteiger partial charge >= 0.3 is 0 Å². The van der Waals surface area contributed by atoms with Gasteiger partial charge in [0, 0.05) is 6.61 Å². The van der Waals surface area contributed by atoms with Crippen LogP contribution in [0.4, 0.5) is 0 Å². The Morgan fingerprint density at radius 1 is 1.88 bits per heavy atom. The fourth-order valence-corrected chi connectivity index (χ4v) is 0.380. The predicted molar refractivity (Wildman–Crippen MR) is 33.7 cm³/mol. The molecule has 4 heteroatoms. The van der Waals surface area contributed by atoms with Gasteiger partial charge in [0.05, 0.1) is 5.25 Å². The van der Waals surface area contributed by atoms with Crippen LogP contribution in [0.15, 0.2) is 0 Å². The molecule has 0 aromatic carbocycles. The van der Waals surface area contributed by atoms with Crippen LogP contribution in [0, 0.1) is 0 Å². The van der Waals surface area contributed by atoms with Gasteiger partial charge in [-0.15, -0.1) is 0 Å². The molecule has 8 heavy (non-hydrogen) atoms. The summed E-state index contributed by atoms with van der Waals surface area (Å²) in [5.74, 6) is -0.484. The van der Waals surface area contributed by atoms with Crippen molar-refractivity contribution in [3.05, 3.63) is 0 Å². The molecule has 3 nitrogen and oxygen atoms in total. The molecule has 1 unspecified atom stereocenters. The highest BCUT2D eigenvalue weighted by Gasteiger charge is 2.06. The summed E-state index contributed by atoms with van der Waals surface area (Å²) < 4.78 is 0. The highest BCUT2D eigenvalue weighted by Crippen LogP contribution is 1.97. The highest BCUT2D eigenvalue weighted by atomic mass is 32.1. The van der Waals surface area contributed by atoms with Crippen LogP contribution in [-0.2, 0) is 4.79 Å². The first-order valence-electron chi connectivity index (χ1n) is 2.26. The Morgan fingerprint density at radius 3 is 2.50 bits per heavy atom. The number of carbonyl (C=O) groups excluding carboxylic acids is 1. The summed E-state index contributed by atoms with van der Waals surface area (Å²) in [5.41, 5.74) is 4.80. The average Bonchev–Trinajstić information content (AvgIpc) is 1.67. The van der Waals surface area contributed by atoms with Crippen LogP contribution in [0.1, 0.15) is 6.42 Å². The molecule has 48 valence electrons. The third-order valence-electron chi connectivity index (χ3n) is 0.731. The Labute approximate surface area is 53.3 Å². The van der Waals surface area contributed by atoms with E-state index in [1.165, 1.54) is 0 Å². The lowest BCUT2D eigenvalue weighted by Crippen LogP contribution is -2.24. The zero-order valence-corrected chi connectivity index (χ0v) is 5.27. The number of primary amides is 1. The number of amides is 1. The molecule has 0 heterocycles. The van der Waals surface area contributed by atoms with E-state index in [4.69, 9.17) is 10.8 Å². The number of thiol groups is 1. The fraction of sp³-hybridized carbons (Fsp3) is 0.750. The lowest BCUT2D eigenvalue weighted by Gasteiger charge is -2.00. The van der Waals surface area contributed by atoms with Gasteiger partial charge in [-0.3, -0.25) is 4.79 Å². The Bertz CT molecular complexity index is 86.1. The zero-order chi connectivity index (χ0) is 6.57. The first-order valence-corrected chi connectivity index (χ1v) is 2.78. The highest BCUT2D eigenvalue weighted by molar-refractivity contribution is 7.81. The molecule has 0 aliphatic carbocycles. The van der Waals surface area contributed by atoms with E-state index >= 15 is 0 Å². The maximum atomic E-state index is 10.1. The second-order valence-corrected chi connectivity index (χ2v) is 2.05. The van der Waals surface area contributed by atoms with Crippen molar-refractivity contribution >= 4 is 18.5 Å². The van der Waals surface area contributed by atoms with Gasteiger partial charge in [0.25, 0.3) is 0 Å². The van der Waals surface area contributed by atoms with Crippen molar-refractivity contribution in [3.8, 4) is 0 Å². The maximum absolute atomic E-state index is 10.1. The van der Waals surface area contributed by atoms with Crippen LogP contribution < -0.4 is 5.73 Å². The largest absolute Gasteiger partial charge is 0.396 e. The fourth-order valence-electron chi connectivity index (χ4n) is 0.265. The Morgan fingerprint density at radius 2 is 2.38 bits per heavy atom. The Balaban J connectivity index is 3.32. The number of hydrogen-bond acceptors (Lipinski definition) is 3. The molecule has 0 spiro atoms. The topological polar surface area (TPSA) is 63.3 Å². The molecule has 3 N–H and O–H groups in total. The number of aliphatic hydroxyl groups excluding tert-OH is 1. The second kappa shape index (κ2) is 3.74. The van der Waals surface area contributed by atoms with Crippen LogP contribution in [0.25, 0.3) is 0 Å². The van der Waals surface area contributed by atoms with Gasteiger partial charge in [-0.25, -0.2) is 0 Å². The van der Waals surface area contributed by atoms with E-state index in [1.54, 1.807) is 0 Å². The van der Waals surface area contributed by atoms with E-state index in [1.807, 2.05) is 0 Å². The van der Waals surface area contributed by atoms with E-state index in [0.717, 1.165) is 0 Å². The smallest absolute Gasteiger partial charge is 0.230 e. The van der Waals surface area contributed by atoms with E-state index in [-0.39, 0.29) is 6.61 Å². The number of carbonyl (C=O) groups is 1. The Kier molecular flexibility index (Phi) is 3.64. The van der Waals surface area contributed by atoms with E-state index < -0.39 is 11.2 Å². The van der Waals surface area contributed by atoms with Crippen molar-refractivity contribution in [2.75, 3.05) is 6.61 Å². The summed E-state index contributed by atoms with van der Waals surface area (Å²) in [6, 6.07) is 0. The lowest BCUT2D eigenvalue weighted by atomic mass is 10.3. The summed E-state index contributed by atoms with van der Waals surface area (Å²) in [6.45, 7) is -0.0445. The molecule has 1 amide bonds. The van der Waals surface area contributed by atoms with Gasteiger partial charge in [-0.1, -0.05) is 0 Å². The van der Waals surface area contributed by atoms with Crippen LogP contribution in [0.3, 0.4) is 0 Å². The van der Waals surface area contributed by atoms with Crippen molar-refractivity contribution < 1.29 is 9.90 Å². The molecule has 0 saturated heterocycles. The van der Waals surface area contributed by atoms with Gasteiger partial charge < -0.3 is 10.8 Å². The third kappa shape index (κ3) is 2.87. The molecule has 0 aliphatic heterocycles. The number of nitrogens with two attached hydrogens (primary N) is 1. The second-order valence-electron chi connectivity index (χ2n) is 1.43. The summed E-state index contributed by atoms with van der Waals surface area (Å²) >= 11 is 3.77. The first-order chi connectivity index (χ1) is 3.68. The summed E-state index contributed by atoms with van der Waals surface area (Å²) in [5, 5.41) is 7.73. The quantitative estimate of drug-likeness (QED) is 0.441. The standard InChI is InChI=1S/C4H9NO2S/c5-4(7)3(8)1-2-6/h3,6,8H,1-2H2,(H2,5,7). The molecule has 0 aromatic heterocycles. The van der Waals surface area contributed by atoms with E-state index in [2.05, 4.69) is 12.6 Å². The molecule has 0 radical (unpaired) electrons. The summed E-state index contributed by atoms with van der Waals surface area (Å²) in [7, 11) is 0. The van der Waals surface area contributed by atoms with Crippen LogP contribution in [0.2, 0.25) is 0 Å².